The molecule has 0 saturated heterocycles. The highest BCUT2D eigenvalue weighted by molar-refractivity contribution is 5.66. The van der Waals surface area contributed by atoms with E-state index in [-0.39, 0.29) is 5.56 Å². The molecule has 6 heteroatoms. The quantitative estimate of drug-likeness (QED) is 0.793. The zero-order valence-corrected chi connectivity index (χ0v) is 10.1. The third-order valence-electron chi connectivity index (χ3n) is 3.36. The molecule has 0 amide bonds. The lowest BCUT2D eigenvalue weighted by Gasteiger charge is -2.15. The van der Waals surface area contributed by atoms with E-state index in [1.54, 1.807) is 10.7 Å². The van der Waals surface area contributed by atoms with Crippen molar-refractivity contribution in [1.29, 1.82) is 0 Å². The first-order valence-corrected chi connectivity index (χ1v) is 6.16. The summed E-state index contributed by atoms with van der Waals surface area (Å²) in [5.41, 5.74) is 0.651. The van der Waals surface area contributed by atoms with Gasteiger partial charge in [0.05, 0.1) is 11.3 Å². The second-order valence-corrected chi connectivity index (χ2v) is 4.61. The van der Waals surface area contributed by atoms with Crippen LogP contribution in [-0.4, -0.2) is 15.0 Å². The highest BCUT2D eigenvalue weighted by atomic mass is 19.4. The van der Waals surface area contributed by atoms with Crippen molar-refractivity contribution in [2.24, 2.45) is 0 Å². The van der Waals surface area contributed by atoms with Gasteiger partial charge in [-0.15, -0.1) is 5.10 Å². The van der Waals surface area contributed by atoms with E-state index in [0.717, 1.165) is 37.6 Å². The SMILES string of the molecule is FC(F)(F)c1ccccc1-c1nnn2c1CCCC2. The van der Waals surface area contributed by atoms with E-state index in [2.05, 4.69) is 10.3 Å². The van der Waals surface area contributed by atoms with Crippen LogP contribution >= 0.6 is 0 Å². The van der Waals surface area contributed by atoms with Gasteiger partial charge in [0.15, 0.2) is 0 Å². The van der Waals surface area contributed by atoms with Crippen molar-refractivity contribution in [2.45, 2.75) is 32.0 Å². The minimum Gasteiger partial charge on any atom is -0.249 e. The number of alkyl halides is 3. The third kappa shape index (κ3) is 2.11. The van der Waals surface area contributed by atoms with Gasteiger partial charge in [-0.3, -0.25) is 0 Å². The molecule has 2 heterocycles. The van der Waals surface area contributed by atoms with Crippen LogP contribution in [0.4, 0.5) is 13.2 Å². The number of nitrogens with zero attached hydrogens (tertiary/aromatic N) is 3. The van der Waals surface area contributed by atoms with E-state index >= 15 is 0 Å². The maximum Gasteiger partial charge on any atom is 0.417 e. The minimum atomic E-state index is -4.37. The molecular formula is C13H12F3N3. The summed E-state index contributed by atoms with van der Waals surface area (Å²) in [6.45, 7) is 0.733. The summed E-state index contributed by atoms with van der Waals surface area (Å²) in [6, 6.07) is 5.54. The molecule has 0 bridgehead atoms. The van der Waals surface area contributed by atoms with Crippen LogP contribution in [-0.2, 0) is 19.1 Å². The molecule has 0 radical (unpaired) electrons. The zero-order chi connectivity index (χ0) is 13.5. The predicted molar refractivity (Wildman–Crippen MR) is 63.4 cm³/mol. The van der Waals surface area contributed by atoms with Gasteiger partial charge in [-0.2, -0.15) is 13.2 Å². The van der Waals surface area contributed by atoms with Crippen molar-refractivity contribution in [2.75, 3.05) is 0 Å². The zero-order valence-electron chi connectivity index (χ0n) is 10.1. The van der Waals surface area contributed by atoms with Gasteiger partial charge in [0.1, 0.15) is 5.69 Å². The van der Waals surface area contributed by atoms with Crippen molar-refractivity contribution < 1.29 is 13.2 Å². The molecule has 3 rings (SSSR count). The molecule has 3 nitrogen and oxygen atoms in total. The minimum absolute atomic E-state index is 0.123. The van der Waals surface area contributed by atoms with E-state index in [1.807, 2.05) is 0 Å². The van der Waals surface area contributed by atoms with Crippen LogP contribution in [0.15, 0.2) is 24.3 Å². The molecule has 19 heavy (non-hydrogen) atoms. The molecule has 0 aliphatic carbocycles. The van der Waals surface area contributed by atoms with Crippen LogP contribution in [0.5, 0.6) is 0 Å². The van der Waals surface area contributed by atoms with Gasteiger partial charge in [-0.05, 0) is 25.3 Å². The Hall–Kier alpha value is -1.85. The van der Waals surface area contributed by atoms with Crippen molar-refractivity contribution in [3.05, 3.63) is 35.5 Å². The molecule has 0 N–H and O–H groups in total. The lowest BCUT2D eigenvalue weighted by molar-refractivity contribution is -0.137. The summed E-state index contributed by atoms with van der Waals surface area (Å²) < 4.78 is 40.8. The molecule has 100 valence electrons. The van der Waals surface area contributed by atoms with E-state index in [0.29, 0.717) is 5.69 Å². The maximum absolute atomic E-state index is 13.0. The van der Waals surface area contributed by atoms with E-state index in [1.165, 1.54) is 12.1 Å². The number of halogens is 3. The van der Waals surface area contributed by atoms with Crippen LogP contribution in [0.25, 0.3) is 11.3 Å². The number of hydrogen-bond donors (Lipinski definition) is 0. The molecule has 1 aliphatic heterocycles. The number of benzene rings is 1. The Morgan fingerprint density at radius 3 is 2.68 bits per heavy atom. The number of hydrogen-bond acceptors (Lipinski definition) is 2. The normalized spacial score (nSPS) is 15.3. The number of aromatic nitrogens is 3. The fraction of sp³-hybridized carbons (Fsp3) is 0.385. The fourth-order valence-electron chi connectivity index (χ4n) is 2.46. The van der Waals surface area contributed by atoms with Gasteiger partial charge in [-0.25, -0.2) is 4.68 Å². The summed E-state index contributed by atoms with van der Waals surface area (Å²) in [6.07, 6.45) is -1.68. The van der Waals surface area contributed by atoms with Gasteiger partial charge in [0, 0.05) is 12.1 Å². The number of rotatable bonds is 1. The Balaban J connectivity index is 2.15. The summed E-state index contributed by atoms with van der Waals surface area (Å²) in [5, 5.41) is 7.91. The highest BCUT2D eigenvalue weighted by Gasteiger charge is 2.35. The average Bonchev–Trinajstić information content (AvgIpc) is 2.81. The van der Waals surface area contributed by atoms with E-state index in [4.69, 9.17) is 0 Å². The van der Waals surface area contributed by atoms with Crippen LogP contribution < -0.4 is 0 Å². The predicted octanol–water partition coefficient (Wildman–Crippen LogP) is 3.30. The molecule has 0 fully saturated rings. The first-order valence-electron chi connectivity index (χ1n) is 6.16. The summed E-state index contributed by atoms with van der Waals surface area (Å²) in [7, 11) is 0. The molecule has 0 unspecified atom stereocenters. The van der Waals surface area contributed by atoms with Gasteiger partial charge >= 0.3 is 6.18 Å². The average molecular weight is 267 g/mol. The topological polar surface area (TPSA) is 30.7 Å². The Labute approximate surface area is 108 Å². The van der Waals surface area contributed by atoms with Gasteiger partial charge in [-0.1, -0.05) is 23.4 Å². The highest BCUT2D eigenvalue weighted by Crippen LogP contribution is 2.37. The molecule has 1 aromatic carbocycles. The van der Waals surface area contributed by atoms with Crippen molar-refractivity contribution in [3.63, 3.8) is 0 Å². The lowest BCUT2D eigenvalue weighted by atomic mass is 9.99. The monoisotopic (exact) mass is 267 g/mol. The van der Waals surface area contributed by atoms with Crippen LogP contribution in [0, 0.1) is 0 Å². The number of aryl methyl sites for hydroxylation is 1. The molecule has 1 aliphatic rings. The Kier molecular flexibility index (Phi) is 2.80. The molecule has 0 atom stereocenters. The third-order valence-corrected chi connectivity index (χ3v) is 3.36. The van der Waals surface area contributed by atoms with Gasteiger partial charge in [0.25, 0.3) is 0 Å². The molecule has 2 aromatic rings. The Morgan fingerprint density at radius 1 is 1.11 bits per heavy atom. The smallest absolute Gasteiger partial charge is 0.249 e. The first kappa shape index (κ1) is 12.2. The number of fused-ring (bicyclic) bond motifs is 1. The Morgan fingerprint density at radius 2 is 1.89 bits per heavy atom. The maximum atomic E-state index is 13.0. The lowest BCUT2D eigenvalue weighted by Crippen LogP contribution is -2.12. The standard InChI is InChI=1S/C13H12F3N3/c14-13(15,16)10-6-2-1-5-9(10)12-11-7-3-4-8-19(11)18-17-12/h1-2,5-6H,3-4,7-8H2. The van der Waals surface area contributed by atoms with Crippen LogP contribution in [0.1, 0.15) is 24.1 Å². The fourth-order valence-corrected chi connectivity index (χ4v) is 2.46. The molecule has 1 aromatic heterocycles. The van der Waals surface area contributed by atoms with Crippen LogP contribution in [0.3, 0.4) is 0 Å². The van der Waals surface area contributed by atoms with E-state index < -0.39 is 11.7 Å². The summed E-state index contributed by atoms with van der Waals surface area (Å²) in [5.74, 6) is 0. The van der Waals surface area contributed by atoms with Gasteiger partial charge < -0.3 is 0 Å². The molecule has 0 saturated carbocycles. The molecular weight excluding hydrogens is 255 g/mol. The Bertz CT molecular complexity index is 601. The van der Waals surface area contributed by atoms with E-state index in [9.17, 15) is 13.2 Å². The van der Waals surface area contributed by atoms with Gasteiger partial charge in [0.2, 0.25) is 0 Å². The van der Waals surface area contributed by atoms with Crippen LogP contribution in [0.2, 0.25) is 0 Å². The summed E-state index contributed by atoms with van der Waals surface area (Å²) in [4.78, 5) is 0. The van der Waals surface area contributed by atoms with Crippen molar-refractivity contribution in [3.8, 4) is 11.3 Å². The second kappa shape index (κ2) is 4.36. The molecule has 0 spiro atoms. The van der Waals surface area contributed by atoms with Crippen molar-refractivity contribution in [1.82, 2.24) is 15.0 Å². The largest absolute Gasteiger partial charge is 0.417 e. The first-order chi connectivity index (χ1) is 9.07. The summed E-state index contributed by atoms with van der Waals surface area (Å²) >= 11 is 0. The van der Waals surface area contributed by atoms with Crippen molar-refractivity contribution >= 4 is 0 Å². The second-order valence-electron chi connectivity index (χ2n) is 4.61.